The predicted molar refractivity (Wildman–Crippen MR) is 53.2 cm³/mol. The van der Waals surface area contributed by atoms with Crippen molar-refractivity contribution in [3.8, 4) is 0 Å². The number of rotatable bonds is 4. The first-order chi connectivity index (χ1) is 6.74. The van der Waals surface area contributed by atoms with Gasteiger partial charge in [-0.15, -0.1) is 0 Å². The number of thiol groups is 1. The van der Waals surface area contributed by atoms with Gasteiger partial charge in [-0.25, -0.2) is 8.42 Å². The fourth-order valence-corrected chi connectivity index (χ4v) is 1.39. The van der Waals surface area contributed by atoms with Crippen LogP contribution in [0.1, 0.15) is 5.56 Å². The number of hydrogen-bond donors (Lipinski definition) is 2. The van der Waals surface area contributed by atoms with Gasteiger partial charge in [0, 0.05) is 4.91 Å². The Hall–Kier alpha value is -1.72. The summed E-state index contributed by atoms with van der Waals surface area (Å²) in [6.45, 7) is 0.128. The van der Waals surface area contributed by atoms with Crippen molar-refractivity contribution in [2.75, 3.05) is 4.72 Å². The molecule has 0 aromatic heterocycles. The first kappa shape index (κ1) is 10.4. The quantitative estimate of drug-likeness (QED) is 0.342. The van der Waals surface area contributed by atoms with Crippen LogP contribution in [0.15, 0.2) is 29.4 Å². The molecule has 0 saturated carbocycles. The lowest BCUT2D eigenvalue weighted by molar-refractivity contribution is 0.619. The van der Waals surface area contributed by atoms with E-state index in [1.165, 1.54) is 0 Å². The zero-order valence-electron chi connectivity index (χ0n) is 7.12. The van der Waals surface area contributed by atoms with Gasteiger partial charge in [0.05, 0.1) is 12.2 Å². The van der Waals surface area contributed by atoms with Crippen molar-refractivity contribution in [2.24, 2.45) is 5.11 Å². The first-order valence-electron chi connectivity index (χ1n) is 3.74. The molecule has 0 spiro atoms. The van der Waals surface area contributed by atoms with E-state index < -0.39 is 10.9 Å². The highest BCUT2D eigenvalue weighted by atomic mass is 32.2. The molecule has 1 N–H and O–H groups in total. The Morgan fingerprint density at radius 3 is 2.79 bits per heavy atom. The SMILES string of the molecule is [N-]=[N+]=NCc1ccccc1N[SH](=O)=O. The van der Waals surface area contributed by atoms with Gasteiger partial charge in [-0.2, -0.15) is 0 Å². The van der Waals surface area contributed by atoms with Crippen LogP contribution in [0.5, 0.6) is 0 Å². The van der Waals surface area contributed by atoms with Crippen molar-refractivity contribution in [2.45, 2.75) is 6.54 Å². The number of anilines is 1. The van der Waals surface area contributed by atoms with Gasteiger partial charge in [0.15, 0.2) is 0 Å². The number of hydrogen-bond acceptors (Lipinski definition) is 3. The van der Waals surface area contributed by atoms with Crippen molar-refractivity contribution in [3.63, 3.8) is 0 Å². The van der Waals surface area contributed by atoms with Gasteiger partial charge in [-0.3, -0.25) is 4.72 Å². The fourth-order valence-electron chi connectivity index (χ4n) is 0.973. The second-order valence-corrected chi connectivity index (χ2v) is 3.15. The predicted octanol–water partition coefficient (Wildman–Crippen LogP) is 1.44. The van der Waals surface area contributed by atoms with E-state index in [1.54, 1.807) is 24.3 Å². The number of azide groups is 1. The molecule has 0 saturated heterocycles. The van der Waals surface area contributed by atoms with Crippen LogP contribution in [0.4, 0.5) is 5.69 Å². The van der Waals surface area contributed by atoms with E-state index in [-0.39, 0.29) is 6.54 Å². The van der Waals surface area contributed by atoms with Crippen LogP contribution < -0.4 is 4.72 Å². The lowest BCUT2D eigenvalue weighted by atomic mass is 10.2. The highest BCUT2D eigenvalue weighted by molar-refractivity contribution is 7.73. The molecular formula is C7H8N4O2S. The van der Waals surface area contributed by atoms with Gasteiger partial charge in [-0.05, 0) is 17.2 Å². The van der Waals surface area contributed by atoms with Gasteiger partial charge < -0.3 is 0 Å². The average molecular weight is 212 g/mol. The minimum Gasteiger partial charge on any atom is -0.285 e. The van der Waals surface area contributed by atoms with Gasteiger partial charge >= 0.3 is 0 Å². The minimum absolute atomic E-state index is 0.128. The lowest BCUT2D eigenvalue weighted by Crippen LogP contribution is -1.98. The third-order valence-electron chi connectivity index (χ3n) is 1.53. The van der Waals surface area contributed by atoms with Crippen molar-refractivity contribution in [1.82, 2.24) is 0 Å². The molecule has 0 amide bonds. The molecular weight excluding hydrogens is 204 g/mol. The normalized spacial score (nSPS) is 9.50. The molecule has 74 valence electrons. The van der Waals surface area contributed by atoms with Gasteiger partial charge in [0.2, 0.25) is 10.9 Å². The Balaban J connectivity index is 2.95. The van der Waals surface area contributed by atoms with Crippen LogP contribution in [-0.4, -0.2) is 8.42 Å². The second kappa shape index (κ2) is 5.11. The van der Waals surface area contributed by atoms with E-state index in [2.05, 4.69) is 14.7 Å². The third kappa shape index (κ3) is 2.96. The maximum absolute atomic E-state index is 10.4. The summed E-state index contributed by atoms with van der Waals surface area (Å²) in [5.41, 5.74) is 9.20. The van der Waals surface area contributed by atoms with E-state index in [0.717, 1.165) is 0 Å². The molecule has 0 atom stereocenters. The molecule has 0 aliphatic heterocycles. The Kier molecular flexibility index (Phi) is 3.78. The van der Waals surface area contributed by atoms with Crippen molar-refractivity contribution >= 4 is 16.6 Å². The summed E-state index contributed by atoms with van der Waals surface area (Å²) in [6, 6.07) is 6.73. The monoisotopic (exact) mass is 212 g/mol. The molecule has 7 heteroatoms. The maximum atomic E-state index is 10.4. The Labute approximate surface area is 82.3 Å². The average Bonchev–Trinajstić information content (AvgIpc) is 2.16. The van der Waals surface area contributed by atoms with E-state index in [0.29, 0.717) is 11.3 Å². The molecule has 1 rings (SSSR count). The van der Waals surface area contributed by atoms with Crippen molar-refractivity contribution in [1.29, 1.82) is 0 Å². The standard InChI is InChI=1S/C7H8N4O2S/c8-11-9-5-6-3-1-2-4-7(6)10-14(12)13/h1-4,14H,5H2,(H,10,12,13). The molecule has 0 heterocycles. The zero-order valence-corrected chi connectivity index (χ0v) is 8.02. The topological polar surface area (TPSA) is 94.9 Å². The molecule has 1 aromatic rings. The third-order valence-corrected chi connectivity index (χ3v) is 1.96. The number of benzene rings is 1. The smallest absolute Gasteiger partial charge is 0.222 e. The number of nitrogens with zero attached hydrogens (tertiary/aromatic N) is 3. The summed E-state index contributed by atoms with van der Waals surface area (Å²) in [6.07, 6.45) is 0. The Morgan fingerprint density at radius 1 is 1.43 bits per heavy atom. The molecule has 6 nitrogen and oxygen atoms in total. The summed E-state index contributed by atoms with van der Waals surface area (Å²) in [5.74, 6) is 0. The molecule has 0 fully saturated rings. The highest BCUT2D eigenvalue weighted by Crippen LogP contribution is 2.15. The van der Waals surface area contributed by atoms with E-state index in [1.807, 2.05) is 0 Å². The van der Waals surface area contributed by atoms with Crippen LogP contribution in [0.25, 0.3) is 10.4 Å². The molecule has 0 unspecified atom stereocenters. The van der Waals surface area contributed by atoms with Crippen LogP contribution in [-0.2, 0) is 17.4 Å². The second-order valence-electron chi connectivity index (χ2n) is 2.42. The first-order valence-corrected chi connectivity index (χ1v) is 4.91. The summed E-state index contributed by atoms with van der Waals surface area (Å²) in [4.78, 5) is 2.60. The summed E-state index contributed by atoms with van der Waals surface area (Å²) < 4.78 is 23.1. The fraction of sp³-hybridized carbons (Fsp3) is 0.143. The maximum Gasteiger partial charge on any atom is 0.222 e. The van der Waals surface area contributed by atoms with Crippen LogP contribution in [0.3, 0.4) is 0 Å². The van der Waals surface area contributed by atoms with Crippen LogP contribution in [0, 0.1) is 0 Å². The molecule has 0 aliphatic rings. The minimum atomic E-state index is -2.69. The van der Waals surface area contributed by atoms with Crippen molar-refractivity contribution < 1.29 is 8.42 Å². The molecule has 0 radical (unpaired) electrons. The summed E-state index contributed by atoms with van der Waals surface area (Å²) in [5, 5.41) is 3.35. The molecule has 0 aliphatic carbocycles. The zero-order chi connectivity index (χ0) is 10.4. The van der Waals surface area contributed by atoms with Crippen LogP contribution >= 0.6 is 0 Å². The number of para-hydroxylation sites is 1. The van der Waals surface area contributed by atoms with E-state index >= 15 is 0 Å². The molecule has 1 aromatic carbocycles. The Morgan fingerprint density at radius 2 is 2.14 bits per heavy atom. The van der Waals surface area contributed by atoms with Gasteiger partial charge in [0.1, 0.15) is 0 Å². The van der Waals surface area contributed by atoms with Gasteiger partial charge in [0.25, 0.3) is 0 Å². The van der Waals surface area contributed by atoms with Crippen molar-refractivity contribution in [3.05, 3.63) is 40.3 Å². The molecule has 0 bridgehead atoms. The largest absolute Gasteiger partial charge is 0.285 e. The molecule has 14 heavy (non-hydrogen) atoms. The summed E-state index contributed by atoms with van der Waals surface area (Å²) >= 11 is 0. The summed E-state index contributed by atoms with van der Waals surface area (Å²) in [7, 11) is -2.69. The Bertz CT molecular complexity index is 429. The number of nitrogens with one attached hydrogen (secondary N) is 1. The highest BCUT2D eigenvalue weighted by Gasteiger charge is 1.99. The van der Waals surface area contributed by atoms with E-state index in [4.69, 9.17) is 5.53 Å². The lowest BCUT2D eigenvalue weighted by Gasteiger charge is -2.04. The van der Waals surface area contributed by atoms with Crippen LogP contribution in [0.2, 0.25) is 0 Å². The van der Waals surface area contributed by atoms with E-state index in [9.17, 15) is 8.42 Å². The van der Waals surface area contributed by atoms with Gasteiger partial charge in [-0.1, -0.05) is 23.3 Å².